The zero-order chi connectivity index (χ0) is 12.6. The highest BCUT2D eigenvalue weighted by atomic mass is 32.1. The van der Waals surface area contributed by atoms with Gasteiger partial charge in [-0.2, -0.15) is 0 Å². The van der Waals surface area contributed by atoms with Crippen LogP contribution in [0.1, 0.15) is 24.3 Å². The number of aliphatic hydroxyl groups is 1. The second kappa shape index (κ2) is 4.23. The summed E-state index contributed by atoms with van der Waals surface area (Å²) < 4.78 is 0. The summed E-state index contributed by atoms with van der Waals surface area (Å²) in [5, 5.41) is 14.0. The smallest absolute Gasteiger partial charge is 0.138 e. The third-order valence-corrected chi connectivity index (χ3v) is 3.77. The van der Waals surface area contributed by atoms with Crippen molar-refractivity contribution in [2.75, 3.05) is 11.9 Å². The average molecular weight is 251 g/mol. The first-order chi connectivity index (χ1) is 7.88. The lowest BCUT2D eigenvalue weighted by Gasteiger charge is -2.18. The molecule has 0 saturated carbocycles. The molecule has 0 radical (unpaired) electrons. The lowest BCUT2D eigenvalue weighted by molar-refractivity contribution is 0.0944. The quantitative estimate of drug-likeness (QED) is 0.880. The normalized spacial score (nSPS) is 12.1. The summed E-state index contributed by atoms with van der Waals surface area (Å²) >= 11 is 1.67. The van der Waals surface area contributed by atoms with Crippen LogP contribution in [0.15, 0.2) is 6.33 Å². The van der Waals surface area contributed by atoms with Gasteiger partial charge >= 0.3 is 0 Å². The van der Waals surface area contributed by atoms with E-state index in [2.05, 4.69) is 29.1 Å². The molecule has 0 atom stereocenters. The highest BCUT2D eigenvalue weighted by Crippen LogP contribution is 2.32. The maximum Gasteiger partial charge on any atom is 0.138 e. The molecule has 0 saturated heterocycles. The van der Waals surface area contributed by atoms with Crippen LogP contribution in [0.3, 0.4) is 0 Å². The van der Waals surface area contributed by atoms with E-state index in [1.807, 2.05) is 0 Å². The Morgan fingerprint density at radius 3 is 2.71 bits per heavy atom. The van der Waals surface area contributed by atoms with Crippen LogP contribution in [-0.2, 0) is 0 Å². The van der Waals surface area contributed by atoms with Gasteiger partial charge < -0.3 is 10.4 Å². The van der Waals surface area contributed by atoms with Crippen molar-refractivity contribution >= 4 is 27.4 Å². The molecule has 2 heterocycles. The minimum atomic E-state index is -0.754. The highest BCUT2D eigenvalue weighted by molar-refractivity contribution is 7.18. The first kappa shape index (κ1) is 12.3. The van der Waals surface area contributed by atoms with Crippen LogP contribution in [0, 0.1) is 13.8 Å². The molecule has 0 aliphatic carbocycles. The van der Waals surface area contributed by atoms with Crippen molar-refractivity contribution in [2.45, 2.75) is 33.3 Å². The number of fused-ring (bicyclic) bond motifs is 1. The van der Waals surface area contributed by atoms with Gasteiger partial charge in [0.25, 0.3) is 0 Å². The Hall–Kier alpha value is -1.20. The lowest BCUT2D eigenvalue weighted by atomic mass is 10.1. The Morgan fingerprint density at radius 2 is 2.06 bits per heavy atom. The topological polar surface area (TPSA) is 58.0 Å². The summed E-state index contributed by atoms with van der Waals surface area (Å²) in [6, 6.07) is 0. The Labute approximate surface area is 105 Å². The summed E-state index contributed by atoms with van der Waals surface area (Å²) in [7, 11) is 0. The number of hydrogen-bond donors (Lipinski definition) is 2. The standard InChI is InChI=1S/C12H17N3OS/c1-7-8(2)17-11-9(7)10(14-6-15-11)13-5-12(3,4)16/h6,16H,5H2,1-4H3,(H,13,14,15). The van der Waals surface area contributed by atoms with E-state index >= 15 is 0 Å². The summed E-state index contributed by atoms with van der Waals surface area (Å²) in [4.78, 5) is 10.8. The maximum absolute atomic E-state index is 9.72. The molecule has 4 nitrogen and oxygen atoms in total. The fourth-order valence-corrected chi connectivity index (χ4v) is 2.61. The molecule has 0 spiro atoms. The largest absolute Gasteiger partial charge is 0.389 e. The van der Waals surface area contributed by atoms with E-state index in [4.69, 9.17) is 0 Å². The Balaban J connectivity index is 2.40. The van der Waals surface area contributed by atoms with Crippen LogP contribution < -0.4 is 5.32 Å². The van der Waals surface area contributed by atoms with Crippen LogP contribution in [0.25, 0.3) is 10.2 Å². The second-order valence-electron chi connectivity index (χ2n) is 4.85. The van der Waals surface area contributed by atoms with Crippen LogP contribution in [-0.4, -0.2) is 27.2 Å². The summed E-state index contributed by atoms with van der Waals surface area (Å²) in [6.07, 6.45) is 1.56. The minimum Gasteiger partial charge on any atom is -0.389 e. The number of aromatic nitrogens is 2. The lowest BCUT2D eigenvalue weighted by Crippen LogP contribution is -2.29. The monoisotopic (exact) mass is 251 g/mol. The summed E-state index contributed by atoms with van der Waals surface area (Å²) in [5.74, 6) is 0.805. The van der Waals surface area contributed by atoms with Crippen molar-refractivity contribution in [2.24, 2.45) is 0 Å². The number of rotatable bonds is 3. The summed E-state index contributed by atoms with van der Waals surface area (Å²) in [6.45, 7) is 8.16. The molecule has 92 valence electrons. The van der Waals surface area contributed by atoms with Crippen LogP contribution in [0.2, 0.25) is 0 Å². The molecule has 2 N–H and O–H groups in total. The molecule has 0 fully saturated rings. The van der Waals surface area contributed by atoms with Gasteiger partial charge in [-0.15, -0.1) is 11.3 Å². The molecular formula is C12H17N3OS. The fourth-order valence-electron chi connectivity index (χ4n) is 1.62. The van der Waals surface area contributed by atoms with E-state index in [9.17, 15) is 5.11 Å². The second-order valence-corrected chi connectivity index (χ2v) is 6.05. The number of aryl methyl sites for hydroxylation is 2. The van der Waals surface area contributed by atoms with E-state index < -0.39 is 5.60 Å². The van der Waals surface area contributed by atoms with Gasteiger partial charge in [-0.1, -0.05) is 0 Å². The molecule has 17 heavy (non-hydrogen) atoms. The zero-order valence-corrected chi connectivity index (χ0v) is 11.4. The van der Waals surface area contributed by atoms with Gasteiger partial charge in [-0.25, -0.2) is 9.97 Å². The van der Waals surface area contributed by atoms with Gasteiger partial charge in [0, 0.05) is 11.4 Å². The SMILES string of the molecule is Cc1sc2ncnc(NCC(C)(C)O)c2c1C. The van der Waals surface area contributed by atoms with Gasteiger partial charge in [0.05, 0.1) is 11.0 Å². The molecule has 0 amide bonds. The highest BCUT2D eigenvalue weighted by Gasteiger charge is 2.15. The first-order valence-electron chi connectivity index (χ1n) is 5.55. The third-order valence-electron chi connectivity index (χ3n) is 2.65. The molecule has 2 rings (SSSR count). The molecular weight excluding hydrogens is 234 g/mol. The van der Waals surface area contributed by atoms with Gasteiger partial charge in [0.2, 0.25) is 0 Å². The van der Waals surface area contributed by atoms with Crippen molar-refractivity contribution in [3.05, 3.63) is 16.8 Å². The summed E-state index contributed by atoms with van der Waals surface area (Å²) in [5.41, 5.74) is 0.458. The number of nitrogens with zero attached hydrogens (tertiary/aromatic N) is 2. The van der Waals surface area contributed by atoms with E-state index in [1.165, 1.54) is 10.4 Å². The van der Waals surface area contributed by atoms with Gasteiger partial charge in [0.15, 0.2) is 0 Å². The number of nitrogens with one attached hydrogen (secondary N) is 1. The van der Waals surface area contributed by atoms with E-state index in [0.29, 0.717) is 6.54 Å². The number of hydrogen-bond acceptors (Lipinski definition) is 5. The van der Waals surface area contributed by atoms with E-state index in [-0.39, 0.29) is 0 Å². The molecule has 2 aromatic rings. The van der Waals surface area contributed by atoms with Crippen LogP contribution >= 0.6 is 11.3 Å². The molecule has 0 aliphatic heterocycles. The molecule has 0 bridgehead atoms. The van der Waals surface area contributed by atoms with Gasteiger partial charge in [0.1, 0.15) is 17.0 Å². The number of thiophene rings is 1. The van der Waals surface area contributed by atoms with Crippen molar-refractivity contribution in [3.63, 3.8) is 0 Å². The van der Waals surface area contributed by atoms with Crippen LogP contribution in [0.4, 0.5) is 5.82 Å². The van der Waals surface area contributed by atoms with E-state index in [1.54, 1.807) is 31.5 Å². The van der Waals surface area contributed by atoms with E-state index in [0.717, 1.165) is 16.0 Å². The zero-order valence-electron chi connectivity index (χ0n) is 10.5. The Kier molecular flexibility index (Phi) is 3.05. The Bertz CT molecular complexity index is 542. The van der Waals surface area contributed by atoms with Crippen molar-refractivity contribution < 1.29 is 5.11 Å². The van der Waals surface area contributed by atoms with Crippen LogP contribution in [0.5, 0.6) is 0 Å². The van der Waals surface area contributed by atoms with Gasteiger partial charge in [-0.3, -0.25) is 0 Å². The first-order valence-corrected chi connectivity index (χ1v) is 6.37. The predicted octanol–water partition coefficient (Wildman–Crippen LogP) is 2.49. The van der Waals surface area contributed by atoms with Crippen molar-refractivity contribution in [1.29, 1.82) is 0 Å². The molecule has 5 heteroatoms. The molecule has 0 aliphatic rings. The average Bonchev–Trinajstić information content (AvgIpc) is 2.52. The fraction of sp³-hybridized carbons (Fsp3) is 0.500. The third kappa shape index (κ3) is 2.56. The van der Waals surface area contributed by atoms with Crippen molar-refractivity contribution in [3.8, 4) is 0 Å². The molecule has 0 unspecified atom stereocenters. The van der Waals surface area contributed by atoms with Crippen molar-refractivity contribution in [1.82, 2.24) is 9.97 Å². The molecule has 2 aromatic heterocycles. The van der Waals surface area contributed by atoms with Gasteiger partial charge in [-0.05, 0) is 33.3 Å². The Morgan fingerprint density at radius 1 is 1.35 bits per heavy atom. The molecule has 0 aromatic carbocycles. The number of anilines is 1. The predicted molar refractivity (Wildman–Crippen MR) is 71.7 cm³/mol. The minimum absolute atomic E-state index is 0.466. The maximum atomic E-state index is 9.72.